The molecule has 0 saturated carbocycles. The Morgan fingerprint density at radius 2 is 1.77 bits per heavy atom. The molecule has 1 aromatic rings. The largest absolute Gasteiger partial charge is 0.369 e. The molecule has 4 aliphatic heterocycles. The zero-order valence-corrected chi connectivity index (χ0v) is 17.6. The van der Waals surface area contributed by atoms with Gasteiger partial charge in [-0.3, -0.25) is 24.2 Å². The number of nitrogens with one attached hydrogen (secondary N) is 2. The molecule has 4 aliphatic rings. The van der Waals surface area contributed by atoms with Crippen molar-refractivity contribution in [3.05, 3.63) is 29.3 Å². The van der Waals surface area contributed by atoms with Crippen molar-refractivity contribution in [1.29, 1.82) is 0 Å². The molecule has 4 heterocycles. The van der Waals surface area contributed by atoms with Crippen molar-refractivity contribution in [3.8, 4) is 0 Å². The van der Waals surface area contributed by atoms with Crippen LogP contribution in [0.2, 0.25) is 0 Å². The Labute approximate surface area is 181 Å². The first kappa shape index (κ1) is 20.4. The lowest BCUT2D eigenvalue weighted by molar-refractivity contribution is -0.124. The second kappa shape index (κ2) is 8.57. The van der Waals surface area contributed by atoms with Crippen LogP contribution in [0.4, 0.5) is 5.69 Å². The van der Waals surface area contributed by atoms with Crippen LogP contribution in [0.25, 0.3) is 0 Å². The topological polar surface area (TPSA) is 94.2 Å². The first-order valence-corrected chi connectivity index (χ1v) is 11.1. The zero-order chi connectivity index (χ0) is 21.4. The summed E-state index contributed by atoms with van der Waals surface area (Å²) in [5, 5.41) is 5.96. The summed E-state index contributed by atoms with van der Waals surface area (Å²) in [6, 6.07) is 5.15. The molecule has 5 rings (SSSR count). The van der Waals surface area contributed by atoms with Gasteiger partial charge in [-0.1, -0.05) is 0 Å². The molecular formula is C22H29N5O4. The number of imide groups is 1. The van der Waals surface area contributed by atoms with Crippen molar-refractivity contribution in [2.45, 2.75) is 18.9 Å². The number of hydrogen-bond donors (Lipinski definition) is 2. The summed E-state index contributed by atoms with van der Waals surface area (Å²) >= 11 is 0. The molecule has 31 heavy (non-hydrogen) atoms. The van der Waals surface area contributed by atoms with Gasteiger partial charge in [0.1, 0.15) is 6.73 Å². The minimum Gasteiger partial charge on any atom is -0.369 e. The van der Waals surface area contributed by atoms with E-state index in [0.29, 0.717) is 17.5 Å². The molecule has 3 fully saturated rings. The number of amides is 3. The molecule has 0 bridgehead atoms. The quantitative estimate of drug-likeness (QED) is 0.647. The van der Waals surface area contributed by atoms with E-state index in [1.807, 2.05) is 12.1 Å². The standard InChI is InChI=1S/C22H29N5O4/c28-20-4-2-17(13-31-14-24-20)27-21(29)18-3-1-16(9-19(18)22(27)30)26-7-5-25(6-8-26)12-15-10-23-11-15/h1,3,9,15,17,23H,2,4-8,10-14H2,(H,24,28). The van der Waals surface area contributed by atoms with Gasteiger partial charge in [0.15, 0.2) is 0 Å². The van der Waals surface area contributed by atoms with Crippen LogP contribution in [-0.2, 0) is 9.53 Å². The van der Waals surface area contributed by atoms with E-state index in [1.165, 1.54) is 4.90 Å². The number of piperazine rings is 1. The Balaban J connectivity index is 1.27. The predicted molar refractivity (Wildman–Crippen MR) is 114 cm³/mol. The Hall–Kier alpha value is -2.49. The van der Waals surface area contributed by atoms with Crippen LogP contribution in [0.5, 0.6) is 0 Å². The number of anilines is 1. The summed E-state index contributed by atoms with van der Waals surface area (Å²) in [7, 11) is 0. The first-order valence-electron chi connectivity index (χ1n) is 11.1. The van der Waals surface area contributed by atoms with E-state index in [-0.39, 0.29) is 37.5 Å². The Kier molecular flexibility index (Phi) is 5.64. The summed E-state index contributed by atoms with van der Waals surface area (Å²) < 4.78 is 5.44. The van der Waals surface area contributed by atoms with Gasteiger partial charge in [-0.15, -0.1) is 0 Å². The third kappa shape index (κ3) is 4.05. The minimum absolute atomic E-state index is 0.103. The van der Waals surface area contributed by atoms with Crippen LogP contribution in [0.15, 0.2) is 18.2 Å². The van der Waals surface area contributed by atoms with Crippen molar-refractivity contribution in [1.82, 2.24) is 20.4 Å². The lowest BCUT2D eigenvalue weighted by Gasteiger charge is -2.39. The van der Waals surface area contributed by atoms with E-state index in [4.69, 9.17) is 4.74 Å². The van der Waals surface area contributed by atoms with Gasteiger partial charge in [-0.25, -0.2) is 0 Å². The highest BCUT2D eigenvalue weighted by Gasteiger charge is 2.41. The number of nitrogens with zero attached hydrogens (tertiary/aromatic N) is 3. The molecule has 3 amide bonds. The van der Waals surface area contributed by atoms with Gasteiger partial charge in [-0.05, 0) is 30.5 Å². The van der Waals surface area contributed by atoms with Gasteiger partial charge in [0.25, 0.3) is 11.8 Å². The molecule has 9 nitrogen and oxygen atoms in total. The summed E-state index contributed by atoms with van der Waals surface area (Å²) in [5.74, 6) is 0.0634. The van der Waals surface area contributed by atoms with Crippen molar-refractivity contribution in [2.75, 3.05) is 64.1 Å². The van der Waals surface area contributed by atoms with E-state index in [0.717, 1.165) is 57.4 Å². The minimum atomic E-state index is -0.425. The van der Waals surface area contributed by atoms with E-state index < -0.39 is 6.04 Å². The Bertz CT molecular complexity index is 879. The van der Waals surface area contributed by atoms with Gasteiger partial charge in [0.2, 0.25) is 5.91 Å². The maximum Gasteiger partial charge on any atom is 0.261 e. The van der Waals surface area contributed by atoms with Crippen molar-refractivity contribution in [3.63, 3.8) is 0 Å². The number of carbonyl (C=O) groups is 3. The maximum absolute atomic E-state index is 13.2. The van der Waals surface area contributed by atoms with Crippen LogP contribution in [0, 0.1) is 5.92 Å². The Morgan fingerprint density at radius 3 is 2.52 bits per heavy atom. The molecule has 0 radical (unpaired) electrons. The number of hydrogen-bond acceptors (Lipinski definition) is 7. The van der Waals surface area contributed by atoms with Crippen LogP contribution < -0.4 is 15.5 Å². The predicted octanol–water partition coefficient (Wildman–Crippen LogP) is -0.123. The molecule has 0 aliphatic carbocycles. The van der Waals surface area contributed by atoms with Gasteiger partial charge >= 0.3 is 0 Å². The fourth-order valence-corrected chi connectivity index (χ4v) is 4.81. The third-order valence-corrected chi connectivity index (χ3v) is 6.77. The van der Waals surface area contributed by atoms with Crippen molar-refractivity contribution >= 4 is 23.4 Å². The summed E-state index contributed by atoms with van der Waals surface area (Å²) in [4.78, 5) is 43.9. The van der Waals surface area contributed by atoms with Crippen LogP contribution in [-0.4, -0.2) is 92.7 Å². The lowest BCUT2D eigenvalue weighted by Crippen LogP contribution is -2.53. The number of carbonyl (C=O) groups excluding carboxylic acids is 3. The molecule has 166 valence electrons. The van der Waals surface area contributed by atoms with Crippen molar-refractivity contribution in [2.24, 2.45) is 5.92 Å². The van der Waals surface area contributed by atoms with E-state index in [1.54, 1.807) is 6.07 Å². The summed E-state index contributed by atoms with van der Waals surface area (Å²) in [6.07, 6.45) is 0.677. The molecule has 3 saturated heterocycles. The van der Waals surface area contributed by atoms with Crippen LogP contribution in [0.1, 0.15) is 33.6 Å². The number of fused-ring (bicyclic) bond motifs is 1. The van der Waals surface area contributed by atoms with E-state index in [2.05, 4.69) is 20.4 Å². The third-order valence-electron chi connectivity index (χ3n) is 6.77. The van der Waals surface area contributed by atoms with Crippen molar-refractivity contribution < 1.29 is 19.1 Å². The number of benzene rings is 1. The van der Waals surface area contributed by atoms with Gasteiger partial charge in [-0.2, -0.15) is 0 Å². The average molecular weight is 428 g/mol. The van der Waals surface area contributed by atoms with Gasteiger partial charge in [0, 0.05) is 57.9 Å². The highest BCUT2D eigenvalue weighted by molar-refractivity contribution is 6.22. The molecule has 2 N–H and O–H groups in total. The average Bonchev–Trinajstić information content (AvgIpc) is 2.99. The maximum atomic E-state index is 13.2. The molecule has 9 heteroatoms. The van der Waals surface area contributed by atoms with Crippen LogP contribution in [0.3, 0.4) is 0 Å². The normalized spacial score (nSPS) is 25.7. The summed E-state index contributed by atoms with van der Waals surface area (Å²) in [6.45, 7) is 7.56. The fraction of sp³-hybridized carbons (Fsp3) is 0.591. The smallest absolute Gasteiger partial charge is 0.261 e. The zero-order valence-electron chi connectivity index (χ0n) is 17.6. The monoisotopic (exact) mass is 427 g/mol. The number of rotatable bonds is 4. The van der Waals surface area contributed by atoms with E-state index in [9.17, 15) is 14.4 Å². The molecular weight excluding hydrogens is 398 g/mol. The first-order chi connectivity index (χ1) is 15.1. The lowest BCUT2D eigenvalue weighted by atomic mass is 10.0. The highest BCUT2D eigenvalue weighted by Crippen LogP contribution is 2.30. The van der Waals surface area contributed by atoms with E-state index >= 15 is 0 Å². The molecule has 0 aromatic heterocycles. The second-order valence-electron chi connectivity index (χ2n) is 8.83. The Morgan fingerprint density at radius 1 is 1.00 bits per heavy atom. The highest BCUT2D eigenvalue weighted by atomic mass is 16.5. The molecule has 1 unspecified atom stereocenters. The SMILES string of the molecule is O=C1CCC(N2C(=O)c3ccc(N4CCN(CC5CNC5)CC4)cc3C2=O)COCN1. The summed E-state index contributed by atoms with van der Waals surface area (Å²) in [5.41, 5.74) is 1.88. The second-order valence-corrected chi connectivity index (χ2v) is 8.83. The molecule has 1 atom stereocenters. The molecule has 1 aromatic carbocycles. The fourth-order valence-electron chi connectivity index (χ4n) is 4.81. The van der Waals surface area contributed by atoms with Crippen LogP contribution >= 0.6 is 0 Å². The molecule has 0 spiro atoms. The number of ether oxygens (including phenoxy) is 1. The van der Waals surface area contributed by atoms with Gasteiger partial charge < -0.3 is 20.3 Å². The van der Waals surface area contributed by atoms with Gasteiger partial charge in [0.05, 0.1) is 23.8 Å².